The second-order valence-corrected chi connectivity index (χ2v) is 7.58. The molecule has 1 N–H and O–H groups in total. The Morgan fingerprint density at radius 1 is 1.31 bits per heavy atom. The molecule has 0 aromatic heterocycles. The van der Waals surface area contributed by atoms with E-state index < -0.39 is 0 Å². The molecule has 2 fully saturated rings. The number of nitrogens with one attached hydrogen (secondary N) is 1. The molecule has 2 heterocycles. The number of benzene rings is 1. The van der Waals surface area contributed by atoms with Gasteiger partial charge in [-0.2, -0.15) is 0 Å². The van der Waals surface area contributed by atoms with Gasteiger partial charge in [-0.3, -0.25) is 9.69 Å². The summed E-state index contributed by atoms with van der Waals surface area (Å²) in [5.41, 5.74) is 1.61. The third kappa shape index (κ3) is 3.87. The highest BCUT2D eigenvalue weighted by molar-refractivity contribution is 6.30. The number of carbonyl (C=O) groups excluding carboxylic acids is 1. The largest absolute Gasteiger partial charge is 0.375 e. The summed E-state index contributed by atoms with van der Waals surface area (Å²) in [6.07, 6.45) is 5.36. The average Bonchev–Trinajstić information content (AvgIpc) is 3.33. The SMILES string of the molecule is O=C(CN1CCC2C(C#Cc3cccc(Cl)c3)=NOC21)NC1CCCC1. The van der Waals surface area contributed by atoms with Gasteiger partial charge in [0.25, 0.3) is 0 Å². The highest BCUT2D eigenvalue weighted by Gasteiger charge is 2.43. The molecule has 2 atom stereocenters. The van der Waals surface area contributed by atoms with E-state index in [9.17, 15) is 4.79 Å². The van der Waals surface area contributed by atoms with Crippen LogP contribution in [0.1, 0.15) is 37.7 Å². The second-order valence-electron chi connectivity index (χ2n) is 7.15. The van der Waals surface area contributed by atoms with E-state index in [-0.39, 0.29) is 18.1 Å². The van der Waals surface area contributed by atoms with Crippen molar-refractivity contribution in [2.24, 2.45) is 11.1 Å². The topological polar surface area (TPSA) is 53.9 Å². The number of likely N-dealkylation sites (tertiary alicyclic amines) is 1. The van der Waals surface area contributed by atoms with Crippen LogP contribution >= 0.6 is 11.6 Å². The van der Waals surface area contributed by atoms with Crippen molar-refractivity contribution in [1.29, 1.82) is 0 Å². The van der Waals surface area contributed by atoms with Crippen LogP contribution in [0.2, 0.25) is 5.02 Å². The Labute approximate surface area is 158 Å². The van der Waals surface area contributed by atoms with Crippen molar-refractivity contribution in [1.82, 2.24) is 10.2 Å². The summed E-state index contributed by atoms with van der Waals surface area (Å²) in [6, 6.07) is 7.80. The lowest BCUT2D eigenvalue weighted by Crippen LogP contribution is -2.43. The zero-order valence-electron chi connectivity index (χ0n) is 14.6. The molecule has 2 aliphatic heterocycles. The normalized spacial score (nSPS) is 25.2. The third-order valence-corrected chi connectivity index (χ3v) is 5.50. The van der Waals surface area contributed by atoms with Crippen LogP contribution in [0.25, 0.3) is 0 Å². The van der Waals surface area contributed by atoms with Gasteiger partial charge in [-0.15, -0.1) is 0 Å². The minimum atomic E-state index is -0.173. The van der Waals surface area contributed by atoms with Crippen LogP contribution in [0.15, 0.2) is 29.4 Å². The summed E-state index contributed by atoms with van der Waals surface area (Å²) in [5.74, 6) is 6.44. The molecular formula is C20H22ClN3O2. The molecule has 136 valence electrons. The molecule has 1 amide bonds. The Morgan fingerprint density at radius 3 is 2.96 bits per heavy atom. The first kappa shape index (κ1) is 17.4. The van der Waals surface area contributed by atoms with Crippen LogP contribution in [-0.2, 0) is 9.63 Å². The molecule has 1 aromatic carbocycles. The van der Waals surface area contributed by atoms with Gasteiger partial charge in [-0.05, 0) is 43.4 Å². The first-order valence-electron chi connectivity index (χ1n) is 9.24. The van der Waals surface area contributed by atoms with E-state index >= 15 is 0 Å². The standard InChI is InChI=1S/C20H22ClN3O2/c21-15-5-3-4-14(12-15)8-9-18-17-10-11-24(20(17)26-23-18)13-19(25)22-16-6-1-2-7-16/h3-5,12,16-17,20H,1-2,6-7,10-11,13H2,(H,22,25). The van der Waals surface area contributed by atoms with Gasteiger partial charge in [0.05, 0.1) is 12.5 Å². The van der Waals surface area contributed by atoms with Gasteiger partial charge < -0.3 is 10.2 Å². The van der Waals surface area contributed by atoms with Gasteiger partial charge in [0.15, 0.2) is 6.23 Å². The Morgan fingerprint density at radius 2 is 2.15 bits per heavy atom. The van der Waals surface area contributed by atoms with Crippen molar-refractivity contribution < 1.29 is 9.63 Å². The summed E-state index contributed by atoms with van der Waals surface area (Å²) in [7, 11) is 0. The number of hydrogen-bond acceptors (Lipinski definition) is 4. The summed E-state index contributed by atoms with van der Waals surface area (Å²) < 4.78 is 0. The molecule has 1 saturated heterocycles. The summed E-state index contributed by atoms with van der Waals surface area (Å²) in [4.78, 5) is 19.9. The molecule has 1 aliphatic carbocycles. The van der Waals surface area contributed by atoms with E-state index in [4.69, 9.17) is 16.4 Å². The van der Waals surface area contributed by atoms with Crippen molar-refractivity contribution in [3.8, 4) is 11.8 Å². The number of carbonyl (C=O) groups is 1. The molecule has 26 heavy (non-hydrogen) atoms. The van der Waals surface area contributed by atoms with E-state index in [1.807, 2.05) is 24.3 Å². The number of hydrogen-bond donors (Lipinski definition) is 1. The fraction of sp³-hybridized carbons (Fsp3) is 0.500. The molecule has 2 unspecified atom stereocenters. The summed E-state index contributed by atoms with van der Waals surface area (Å²) >= 11 is 5.99. The van der Waals surface area contributed by atoms with Crippen LogP contribution in [0.5, 0.6) is 0 Å². The van der Waals surface area contributed by atoms with E-state index in [1.54, 1.807) is 0 Å². The number of halogens is 1. The third-order valence-electron chi connectivity index (χ3n) is 5.27. The van der Waals surface area contributed by atoms with Crippen molar-refractivity contribution in [2.45, 2.75) is 44.4 Å². The molecule has 1 saturated carbocycles. The lowest BCUT2D eigenvalue weighted by atomic mass is 10.0. The maximum atomic E-state index is 12.3. The van der Waals surface area contributed by atoms with Crippen molar-refractivity contribution in [3.63, 3.8) is 0 Å². The number of nitrogens with zero attached hydrogens (tertiary/aromatic N) is 2. The molecular weight excluding hydrogens is 350 g/mol. The molecule has 6 heteroatoms. The number of amides is 1. The van der Waals surface area contributed by atoms with Crippen LogP contribution in [0, 0.1) is 17.8 Å². The van der Waals surface area contributed by atoms with Gasteiger partial charge in [-0.1, -0.05) is 41.6 Å². The van der Waals surface area contributed by atoms with E-state index in [0.29, 0.717) is 17.6 Å². The Balaban J connectivity index is 1.34. The number of fused-ring (bicyclic) bond motifs is 1. The first-order chi connectivity index (χ1) is 12.7. The van der Waals surface area contributed by atoms with Crippen LogP contribution in [0.4, 0.5) is 0 Å². The smallest absolute Gasteiger partial charge is 0.234 e. The maximum Gasteiger partial charge on any atom is 0.234 e. The predicted octanol–water partition coefficient (Wildman–Crippen LogP) is 2.78. The van der Waals surface area contributed by atoms with Crippen molar-refractivity contribution in [2.75, 3.05) is 13.1 Å². The monoisotopic (exact) mass is 371 g/mol. The van der Waals surface area contributed by atoms with E-state index in [2.05, 4.69) is 27.2 Å². The molecule has 3 aliphatic rings. The van der Waals surface area contributed by atoms with Crippen molar-refractivity contribution >= 4 is 23.2 Å². The Hall–Kier alpha value is -2.03. The fourth-order valence-electron chi connectivity index (χ4n) is 3.93. The van der Waals surface area contributed by atoms with Crippen molar-refractivity contribution in [3.05, 3.63) is 34.9 Å². The minimum Gasteiger partial charge on any atom is -0.375 e. The van der Waals surface area contributed by atoms with Gasteiger partial charge in [-0.25, -0.2) is 0 Å². The Bertz CT molecular complexity index is 777. The lowest BCUT2D eigenvalue weighted by Gasteiger charge is -2.22. The lowest BCUT2D eigenvalue weighted by molar-refractivity contribution is -0.126. The average molecular weight is 372 g/mol. The number of oxime groups is 1. The highest BCUT2D eigenvalue weighted by atomic mass is 35.5. The first-order valence-corrected chi connectivity index (χ1v) is 9.61. The molecule has 1 aromatic rings. The van der Waals surface area contributed by atoms with Gasteiger partial charge in [0, 0.05) is 23.2 Å². The fourth-order valence-corrected chi connectivity index (χ4v) is 4.12. The molecule has 4 rings (SSSR count). The number of rotatable bonds is 3. The van der Waals surface area contributed by atoms with Crippen LogP contribution in [-0.4, -0.2) is 41.9 Å². The van der Waals surface area contributed by atoms with E-state index in [0.717, 1.165) is 37.1 Å². The maximum absolute atomic E-state index is 12.3. The predicted molar refractivity (Wildman–Crippen MR) is 101 cm³/mol. The molecule has 0 radical (unpaired) electrons. The van der Waals surface area contributed by atoms with Crippen LogP contribution in [0.3, 0.4) is 0 Å². The van der Waals surface area contributed by atoms with Gasteiger partial charge >= 0.3 is 0 Å². The van der Waals surface area contributed by atoms with Crippen LogP contribution < -0.4 is 5.32 Å². The zero-order chi connectivity index (χ0) is 17.9. The molecule has 0 bridgehead atoms. The summed E-state index contributed by atoms with van der Waals surface area (Å²) in [6.45, 7) is 1.19. The quantitative estimate of drug-likeness (QED) is 0.831. The second kappa shape index (κ2) is 7.69. The minimum absolute atomic E-state index is 0.0830. The highest BCUT2D eigenvalue weighted by Crippen LogP contribution is 2.31. The van der Waals surface area contributed by atoms with E-state index in [1.165, 1.54) is 12.8 Å². The molecule has 0 spiro atoms. The molecule has 5 nitrogen and oxygen atoms in total. The zero-order valence-corrected chi connectivity index (χ0v) is 15.3. The Kier molecular flexibility index (Phi) is 5.14. The summed E-state index contributed by atoms with van der Waals surface area (Å²) in [5, 5.41) is 7.96. The van der Waals surface area contributed by atoms with Gasteiger partial charge in [0.1, 0.15) is 5.71 Å². The van der Waals surface area contributed by atoms with Gasteiger partial charge in [0.2, 0.25) is 5.91 Å².